The van der Waals surface area contributed by atoms with Gasteiger partial charge in [0.05, 0.1) is 11.8 Å². The minimum Gasteiger partial charge on any atom is -0.376 e. The fourth-order valence-electron chi connectivity index (χ4n) is 2.34. The second kappa shape index (κ2) is 6.71. The van der Waals surface area contributed by atoms with E-state index in [1.165, 1.54) is 24.9 Å². The molecule has 1 N–H and O–H groups in total. The Morgan fingerprint density at radius 1 is 1.50 bits per heavy atom. The predicted molar refractivity (Wildman–Crippen MR) is 73.9 cm³/mol. The van der Waals surface area contributed by atoms with Crippen LogP contribution in [0.2, 0.25) is 0 Å². The van der Waals surface area contributed by atoms with Crippen molar-refractivity contribution in [1.82, 2.24) is 10.3 Å². The first-order valence-electron chi connectivity index (χ1n) is 6.72. The molecule has 1 aliphatic rings. The molecule has 0 bridgehead atoms. The highest BCUT2D eigenvalue weighted by atomic mass is 16.5. The minimum absolute atomic E-state index is 0.379. The topological polar surface area (TPSA) is 37.4 Å². The lowest BCUT2D eigenvalue weighted by molar-refractivity contribution is 0.0216. The Kier molecular flexibility index (Phi) is 4.96. The molecule has 0 aromatic carbocycles. The minimum atomic E-state index is 0.379. The average molecular weight is 249 g/mol. The molecule has 1 saturated heterocycles. The van der Waals surface area contributed by atoms with Crippen LogP contribution in [0.25, 0.3) is 0 Å². The number of hydrogen-bond acceptors (Lipinski definition) is 4. The van der Waals surface area contributed by atoms with Gasteiger partial charge in [0.25, 0.3) is 0 Å². The molecule has 100 valence electrons. The zero-order valence-electron chi connectivity index (χ0n) is 11.4. The van der Waals surface area contributed by atoms with Gasteiger partial charge >= 0.3 is 0 Å². The Bertz CT molecular complexity index is 364. The summed E-state index contributed by atoms with van der Waals surface area (Å²) in [6, 6.07) is 4.20. The zero-order valence-corrected chi connectivity index (χ0v) is 11.4. The summed E-state index contributed by atoms with van der Waals surface area (Å²) in [5.74, 6) is 0. The molecule has 1 unspecified atom stereocenters. The lowest BCUT2D eigenvalue weighted by Crippen LogP contribution is -2.33. The molecule has 18 heavy (non-hydrogen) atoms. The summed E-state index contributed by atoms with van der Waals surface area (Å²) in [4.78, 5) is 6.60. The quantitative estimate of drug-likeness (QED) is 0.863. The maximum atomic E-state index is 5.78. The van der Waals surface area contributed by atoms with Gasteiger partial charge in [-0.2, -0.15) is 0 Å². The Hall–Kier alpha value is -1.13. The molecule has 2 heterocycles. The van der Waals surface area contributed by atoms with E-state index in [1.54, 1.807) is 0 Å². The van der Waals surface area contributed by atoms with Gasteiger partial charge in [0.2, 0.25) is 0 Å². The molecule has 4 nitrogen and oxygen atoms in total. The van der Waals surface area contributed by atoms with Crippen LogP contribution in [0.15, 0.2) is 18.3 Å². The molecule has 1 aromatic rings. The SMILES string of the molecule is CNCc1cc(N(C)CC2CCCCO2)ccn1. The van der Waals surface area contributed by atoms with E-state index in [0.717, 1.165) is 25.4 Å². The van der Waals surface area contributed by atoms with Crippen LogP contribution >= 0.6 is 0 Å². The molecule has 0 spiro atoms. The van der Waals surface area contributed by atoms with Crippen LogP contribution in [0.5, 0.6) is 0 Å². The summed E-state index contributed by atoms with van der Waals surface area (Å²) >= 11 is 0. The van der Waals surface area contributed by atoms with Crippen LogP contribution in [0, 0.1) is 0 Å². The van der Waals surface area contributed by atoms with E-state index in [9.17, 15) is 0 Å². The van der Waals surface area contributed by atoms with Crippen molar-refractivity contribution in [1.29, 1.82) is 0 Å². The highest BCUT2D eigenvalue weighted by Crippen LogP contribution is 2.18. The first-order chi connectivity index (χ1) is 8.79. The third-order valence-electron chi connectivity index (χ3n) is 3.35. The van der Waals surface area contributed by atoms with Gasteiger partial charge in [0.15, 0.2) is 0 Å². The van der Waals surface area contributed by atoms with Gasteiger partial charge in [0.1, 0.15) is 0 Å². The van der Waals surface area contributed by atoms with Gasteiger partial charge < -0.3 is 15.0 Å². The fraction of sp³-hybridized carbons (Fsp3) is 0.643. The summed E-state index contributed by atoms with van der Waals surface area (Å²) in [5, 5.41) is 3.13. The molecule has 1 aromatic heterocycles. The van der Waals surface area contributed by atoms with Gasteiger partial charge in [-0.05, 0) is 38.4 Å². The van der Waals surface area contributed by atoms with Gasteiger partial charge in [-0.15, -0.1) is 0 Å². The molecule has 1 aliphatic heterocycles. The van der Waals surface area contributed by atoms with Crippen molar-refractivity contribution in [3.05, 3.63) is 24.0 Å². The highest BCUT2D eigenvalue weighted by molar-refractivity contribution is 5.45. The Morgan fingerprint density at radius 3 is 3.11 bits per heavy atom. The molecular weight excluding hydrogens is 226 g/mol. The van der Waals surface area contributed by atoms with Crippen LogP contribution in [-0.4, -0.2) is 38.3 Å². The number of aromatic nitrogens is 1. The maximum absolute atomic E-state index is 5.78. The van der Waals surface area contributed by atoms with Crippen molar-refractivity contribution in [2.75, 3.05) is 32.1 Å². The largest absolute Gasteiger partial charge is 0.376 e. The summed E-state index contributed by atoms with van der Waals surface area (Å²) in [5.41, 5.74) is 2.29. The van der Waals surface area contributed by atoms with Crippen molar-refractivity contribution in [3.63, 3.8) is 0 Å². The summed E-state index contributed by atoms with van der Waals surface area (Å²) in [6.45, 7) is 2.68. The number of nitrogens with zero attached hydrogens (tertiary/aromatic N) is 2. The van der Waals surface area contributed by atoms with Crippen molar-refractivity contribution in [2.24, 2.45) is 0 Å². The lowest BCUT2D eigenvalue weighted by Gasteiger charge is -2.28. The number of anilines is 1. The number of rotatable bonds is 5. The molecule has 1 atom stereocenters. The van der Waals surface area contributed by atoms with Crippen molar-refractivity contribution in [3.8, 4) is 0 Å². The maximum Gasteiger partial charge on any atom is 0.0749 e. The number of nitrogens with one attached hydrogen (secondary N) is 1. The summed E-state index contributed by atoms with van der Waals surface area (Å²) in [6.07, 6.45) is 5.94. The lowest BCUT2D eigenvalue weighted by atomic mass is 10.1. The first-order valence-corrected chi connectivity index (χ1v) is 6.72. The fourth-order valence-corrected chi connectivity index (χ4v) is 2.34. The number of hydrogen-bond donors (Lipinski definition) is 1. The van der Waals surface area contributed by atoms with Gasteiger partial charge in [-0.1, -0.05) is 0 Å². The van der Waals surface area contributed by atoms with E-state index in [0.29, 0.717) is 6.10 Å². The van der Waals surface area contributed by atoms with E-state index < -0.39 is 0 Å². The van der Waals surface area contributed by atoms with E-state index >= 15 is 0 Å². The third-order valence-corrected chi connectivity index (χ3v) is 3.35. The summed E-state index contributed by atoms with van der Waals surface area (Å²) < 4.78 is 5.78. The molecule has 0 aliphatic carbocycles. The second-order valence-corrected chi connectivity index (χ2v) is 4.90. The van der Waals surface area contributed by atoms with Crippen LogP contribution in [0.1, 0.15) is 25.0 Å². The van der Waals surface area contributed by atoms with Crippen molar-refractivity contribution in [2.45, 2.75) is 31.9 Å². The second-order valence-electron chi connectivity index (χ2n) is 4.90. The molecule has 0 radical (unpaired) electrons. The Balaban J connectivity index is 1.94. The Labute approximate surface area is 109 Å². The molecule has 0 amide bonds. The zero-order chi connectivity index (χ0) is 12.8. The Morgan fingerprint density at radius 2 is 2.39 bits per heavy atom. The van der Waals surface area contributed by atoms with Crippen LogP contribution in [0.3, 0.4) is 0 Å². The standard InChI is InChI=1S/C14H23N3O/c1-15-10-12-9-13(6-7-16-12)17(2)11-14-5-3-4-8-18-14/h6-7,9,14-15H,3-5,8,10-11H2,1-2H3. The van der Waals surface area contributed by atoms with Crippen molar-refractivity contribution < 1.29 is 4.74 Å². The molecule has 2 rings (SSSR count). The monoisotopic (exact) mass is 249 g/mol. The van der Waals surface area contributed by atoms with E-state index in [1.807, 2.05) is 13.2 Å². The number of ether oxygens (including phenoxy) is 1. The van der Waals surface area contributed by atoms with Crippen molar-refractivity contribution >= 4 is 5.69 Å². The normalized spacial score (nSPS) is 19.8. The molecule has 1 fully saturated rings. The van der Waals surface area contributed by atoms with Crippen LogP contribution in [-0.2, 0) is 11.3 Å². The predicted octanol–water partition coefficient (Wildman–Crippen LogP) is 1.81. The van der Waals surface area contributed by atoms with Gasteiger partial charge in [-0.25, -0.2) is 0 Å². The van der Waals surface area contributed by atoms with E-state index in [2.05, 4.69) is 34.4 Å². The smallest absolute Gasteiger partial charge is 0.0749 e. The average Bonchev–Trinajstić information content (AvgIpc) is 2.40. The first kappa shape index (κ1) is 13.3. The van der Waals surface area contributed by atoms with Gasteiger partial charge in [-0.3, -0.25) is 4.98 Å². The summed E-state index contributed by atoms with van der Waals surface area (Å²) in [7, 11) is 4.06. The molecule has 0 saturated carbocycles. The van der Waals surface area contributed by atoms with Crippen LogP contribution < -0.4 is 10.2 Å². The number of likely N-dealkylation sites (N-methyl/N-ethyl adjacent to an activating group) is 1. The van der Waals surface area contributed by atoms with E-state index in [-0.39, 0.29) is 0 Å². The number of pyridine rings is 1. The van der Waals surface area contributed by atoms with Crippen LogP contribution in [0.4, 0.5) is 5.69 Å². The molecular formula is C14H23N3O. The van der Waals surface area contributed by atoms with Gasteiger partial charge in [0, 0.05) is 38.6 Å². The van der Waals surface area contributed by atoms with E-state index in [4.69, 9.17) is 4.74 Å². The highest BCUT2D eigenvalue weighted by Gasteiger charge is 2.16. The third kappa shape index (κ3) is 3.68. The molecule has 4 heteroatoms.